The summed E-state index contributed by atoms with van der Waals surface area (Å²) in [6.07, 6.45) is 4.02. The summed E-state index contributed by atoms with van der Waals surface area (Å²) in [6.45, 7) is 3.71. The van der Waals surface area contributed by atoms with E-state index in [0.29, 0.717) is 25.3 Å². The zero-order valence-corrected chi connectivity index (χ0v) is 13.0. The van der Waals surface area contributed by atoms with E-state index in [1.807, 2.05) is 0 Å². The third-order valence-electron chi connectivity index (χ3n) is 3.49. The Morgan fingerprint density at radius 2 is 1.86 bits per heavy atom. The molecule has 2 aromatic rings. The number of hydrogen-bond donors (Lipinski definition) is 0. The van der Waals surface area contributed by atoms with Crippen molar-refractivity contribution in [2.75, 3.05) is 20.3 Å². The number of methoxy groups -OCH3 is 1. The second kappa shape index (κ2) is 8.24. The number of amides is 1. The molecule has 0 spiro atoms. The number of nitrogens with zero attached hydrogens (tertiary/aromatic N) is 3. The molecule has 0 radical (unpaired) electrons. The Morgan fingerprint density at radius 3 is 2.45 bits per heavy atom. The van der Waals surface area contributed by atoms with Crippen molar-refractivity contribution >= 4 is 5.91 Å². The van der Waals surface area contributed by atoms with Gasteiger partial charge in [-0.1, -0.05) is 31.2 Å². The van der Waals surface area contributed by atoms with Gasteiger partial charge in [-0.2, -0.15) is 10.2 Å². The molecule has 0 unspecified atom stereocenters. The quantitative estimate of drug-likeness (QED) is 0.787. The van der Waals surface area contributed by atoms with E-state index in [1.54, 1.807) is 18.1 Å². The molecular formula is C17H21N3O2. The molecule has 22 heavy (non-hydrogen) atoms. The van der Waals surface area contributed by atoms with Crippen LogP contribution in [0.3, 0.4) is 0 Å². The van der Waals surface area contributed by atoms with Crippen molar-refractivity contribution in [1.29, 1.82) is 0 Å². The van der Waals surface area contributed by atoms with Gasteiger partial charge in [0.05, 0.1) is 24.6 Å². The first-order chi connectivity index (χ1) is 10.7. The first kappa shape index (κ1) is 16.1. The number of rotatable bonds is 7. The molecule has 0 aliphatic carbocycles. The molecule has 2 rings (SSSR count). The van der Waals surface area contributed by atoms with Crippen molar-refractivity contribution in [3.63, 3.8) is 0 Å². The number of carbonyl (C=O) groups excluding carboxylic acids is 1. The van der Waals surface area contributed by atoms with Gasteiger partial charge in [-0.05, 0) is 23.6 Å². The summed E-state index contributed by atoms with van der Waals surface area (Å²) in [6, 6.07) is 10.0. The first-order valence-corrected chi connectivity index (χ1v) is 7.37. The summed E-state index contributed by atoms with van der Waals surface area (Å²) in [5.74, 6) is -0.0634. The van der Waals surface area contributed by atoms with Gasteiger partial charge >= 0.3 is 0 Å². The van der Waals surface area contributed by atoms with Crippen LogP contribution in [-0.4, -0.2) is 41.3 Å². The van der Waals surface area contributed by atoms with Crippen molar-refractivity contribution < 1.29 is 9.53 Å². The largest absolute Gasteiger partial charge is 0.383 e. The molecule has 5 heteroatoms. The summed E-state index contributed by atoms with van der Waals surface area (Å²) in [5.41, 5.74) is 2.93. The Morgan fingerprint density at radius 1 is 1.14 bits per heavy atom. The van der Waals surface area contributed by atoms with Crippen LogP contribution in [0.4, 0.5) is 0 Å². The first-order valence-electron chi connectivity index (χ1n) is 7.37. The average Bonchev–Trinajstić information content (AvgIpc) is 2.59. The Hall–Kier alpha value is -2.27. The average molecular weight is 299 g/mol. The highest BCUT2D eigenvalue weighted by Gasteiger charge is 2.16. The molecule has 0 N–H and O–H groups in total. The molecule has 1 amide bonds. The summed E-state index contributed by atoms with van der Waals surface area (Å²) < 4.78 is 5.11. The molecule has 0 fully saturated rings. The van der Waals surface area contributed by atoms with E-state index in [2.05, 4.69) is 41.4 Å². The maximum atomic E-state index is 12.6. The standard InChI is InChI=1S/C17H21N3O2/c1-3-14-4-6-15(7-5-14)13-20(10-11-22-2)17(21)16-8-9-18-19-12-16/h4-9,12H,3,10-11,13H2,1-2H3. The number of ether oxygens (including phenoxy) is 1. The predicted octanol–water partition coefficient (Wildman–Crippen LogP) is 2.33. The van der Waals surface area contributed by atoms with Crippen molar-refractivity contribution in [2.24, 2.45) is 0 Å². The van der Waals surface area contributed by atoms with Crippen LogP contribution < -0.4 is 0 Å². The molecule has 0 saturated carbocycles. The van der Waals surface area contributed by atoms with E-state index in [9.17, 15) is 4.79 Å². The summed E-state index contributed by atoms with van der Waals surface area (Å²) in [4.78, 5) is 14.3. The Labute approximate surface area is 130 Å². The smallest absolute Gasteiger partial charge is 0.255 e. The van der Waals surface area contributed by atoms with E-state index in [4.69, 9.17) is 4.74 Å². The monoisotopic (exact) mass is 299 g/mol. The van der Waals surface area contributed by atoms with Crippen molar-refractivity contribution in [2.45, 2.75) is 19.9 Å². The maximum absolute atomic E-state index is 12.6. The third-order valence-corrected chi connectivity index (χ3v) is 3.49. The Balaban J connectivity index is 2.12. The fraction of sp³-hybridized carbons (Fsp3) is 0.353. The number of carbonyl (C=O) groups is 1. The van der Waals surface area contributed by atoms with E-state index in [0.717, 1.165) is 12.0 Å². The lowest BCUT2D eigenvalue weighted by Gasteiger charge is -2.22. The SMILES string of the molecule is CCc1ccc(CN(CCOC)C(=O)c2ccnnc2)cc1. The predicted molar refractivity (Wildman–Crippen MR) is 84.5 cm³/mol. The Bertz CT molecular complexity index is 585. The summed E-state index contributed by atoms with van der Waals surface area (Å²) in [7, 11) is 1.63. The van der Waals surface area contributed by atoms with Crippen LogP contribution in [-0.2, 0) is 17.7 Å². The number of aryl methyl sites for hydroxylation is 1. The van der Waals surface area contributed by atoms with Crippen LogP contribution in [0.2, 0.25) is 0 Å². The molecule has 1 aromatic carbocycles. The molecule has 5 nitrogen and oxygen atoms in total. The number of hydrogen-bond acceptors (Lipinski definition) is 4. The normalized spacial score (nSPS) is 10.5. The van der Waals surface area contributed by atoms with Gasteiger partial charge in [-0.3, -0.25) is 4.79 Å². The van der Waals surface area contributed by atoms with Crippen LogP contribution in [0, 0.1) is 0 Å². The van der Waals surface area contributed by atoms with Gasteiger partial charge in [-0.15, -0.1) is 0 Å². The molecule has 0 atom stereocenters. The molecular weight excluding hydrogens is 278 g/mol. The molecule has 0 aliphatic rings. The van der Waals surface area contributed by atoms with Gasteiger partial charge < -0.3 is 9.64 Å². The van der Waals surface area contributed by atoms with Gasteiger partial charge in [0.15, 0.2) is 0 Å². The van der Waals surface area contributed by atoms with Gasteiger partial charge in [-0.25, -0.2) is 0 Å². The molecule has 0 bridgehead atoms. The highest BCUT2D eigenvalue weighted by atomic mass is 16.5. The van der Waals surface area contributed by atoms with Gasteiger partial charge in [0, 0.05) is 20.2 Å². The zero-order valence-electron chi connectivity index (χ0n) is 13.0. The Kier molecular flexibility index (Phi) is 6.03. The van der Waals surface area contributed by atoms with Gasteiger partial charge in [0.2, 0.25) is 0 Å². The number of aromatic nitrogens is 2. The minimum Gasteiger partial charge on any atom is -0.383 e. The zero-order chi connectivity index (χ0) is 15.8. The second-order valence-corrected chi connectivity index (χ2v) is 5.02. The van der Waals surface area contributed by atoms with Crippen LogP contribution in [0.15, 0.2) is 42.7 Å². The lowest BCUT2D eigenvalue weighted by atomic mass is 10.1. The number of benzene rings is 1. The maximum Gasteiger partial charge on any atom is 0.255 e. The van der Waals surface area contributed by atoms with Gasteiger partial charge in [0.25, 0.3) is 5.91 Å². The van der Waals surface area contributed by atoms with Crippen molar-refractivity contribution in [1.82, 2.24) is 15.1 Å². The minimum absolute atomic E-state index is 0.0634. The van der Waals surface area contributed by atoms with E-state index >= 15 is 0 Å². The fourth-order valence-corrected chi connectivity index (χ4v) is 2.15. The van der Waals surface area contributed by atoms with Crippen LogP contribution >= 0.6 is 0 Å². The topological polar surface area (TPSA) is 55.3 Å². The molecule has 1 aromatic heterocycles. The lowest BCUT2D eigenvalue weighted by molar-refractivity contribution is 0.0680. The highest BCUT2D eigenvalue weighted by molar-refractivity contribution is 5.93. The van der Waals surface area contributed by atoms with Gasteiger partial charge in [0.1, 0.15) is 0 Å². The van der Waals surface area contributed by atoms with E-state index in [-0.39, 0.29) is 5.91 Å². The van der Waals surface area contributed by atoms with Crippen molar-refractivity contribution in [3.8, 4) is 0 Å². The lowest BCUT2D eigenvalue weighted by Crippen LogP contribution is -2.33. The van der Waals surface area contributed by atoms with E-state index < -0.39 is 0 Å². The summed E-state index contributed by atoms with van der Waals surface area (Å²) >= 11 is 0. The fourth-order valence-electron chi connectivity index (χ4n) is 2.15. The van der Waals surface area contributed by atoms with Crippen LogP contribution in [0.1, 0.15) is 28.4 Å². The highest BCUT2D eigenvalue weighted by Crippen LogP contribution is 2.11. The van der Waals surface area contributed by atoms with Crippen LogP contribution in [0.25, 0.3) is 0 Å². The van der Waals surface area contributed by atoms with Crippen molar-refractivity contribution in [3.05, 3.63) is 59.4 Å². The second-order valence-electron chi connectivity index (χ2n) is 5.02. The molecule has 116 valence electrons. The van der Waals surface area contributed by atoms with Crippen LogP contribution in [0.5, 0.6) is 0 Å². The van der Waals surface area contributed by atoms with E-state index in [1.165, 1.54) is 18.0 Å². The third kappa shape index (κ3) is 4.36. The minimum atomic E-state index is -0.0634. The molecule has 0 aliphatic heterocycles. The summed E-state index contributed by atoms with van der Waals surface area (Å²) in [5, 5.41) is 7.48. The molecule has 0 saturated heterocycles. The molecule has 1 heterocycles.